The zero-order chi connectivity index (χ0) is 12.8. The standard InChI is InChI=1S/C13H17N3OS/c14-6-11(10-4-2-1-3-5-10)7-15-8-12-9-18-13(17)16-12/h1-5,9,11,15H,6-8,14H2,(H,16,17). The van der Waals surface area contributed by atoms with E-state index in [0.717, 1.165) is 12.2 Å². The van der Waals surface area contributed by atoms with Crippen molar-refractivity contribution in [1.82, 2.24) is 10.3 Å². The molecular weight excluding hydrogens is 246 g/mol. The Morgan fingerprint density at radius 2 is 2.11 bits per heavy atom. The van der Waals surface area contributed by atoms with E-state index in [-0.39, 0.29) is 4.87 Å². The van der Waals surface area contributed by atoms with E-state index in [2.05, 4.69) is 22.4 Å². The molecule has 0 aliphatic carbocycles. The van der Waals surface area contributed by atoms with Crippen molar-refractivity contribution in [3.8, 4) is 0 Å². The highest BCUT2D eigenvalue weighted by atomic mass is 32.1. The Hall–Kier alpha value is -1.43. The lowest BCUT2D eigenvalue weighted by atomic mass is 9.99. The van der Waals surface area contributed by atoms with E-state index in [4.69, 9.17) is 5.73 Å². The molecule has 0 fully saturated rings. The van der Waals surface area contributed by atoms with Crippen LogP contribution in [0.5, 0.6) is 0 Å². The second-order valence-corrected chi connectivity index (χ2v) is 4.99. The second-order valence-electron chi connectivity index (χ2n) is 4.15. The number of nitrogens with two attached hydrogens (primary N) is 1. The summed E-state index contributed by atoms with van der Waals surface area (Å²) in [5.41, 5.74) is 7.96. The highest BCUT2D eigenvalue weighted by Gasteiger charge is 2.08. The topological polar surface area (TPSA) is 70.9 Å². The number of H-pyrrole nitrogens is 1. The summed E-state index contributed by atoms with van der Waals surface area (Å²) in [6, 6.07) is 10.2. The summed E-state index contributed by atoms with van der Waals surface area (Å²) in [5, 5.41) is 5.16. The first-order valence-electron chi connectivity index (χ1n) is 5.92. The van der Waals surface area contributed by atoms with Gasteiger partial charge in [-0.05, 0) is 5.56 Å². The summed E-state index contributed by atoms with van der Waals surface area (Å²) in [6.45, 7) is 2.08. The zero-order valence-electron chi connectivity index (χ0n) is 10.1. The molecule has 0 aliphatic rings. The van der Waals surface area contributed by atoms with Gasteiger partial charge in [0.15, 0.2) is 0 Å². The van der Waals surface area contributed by atoms with Crippen LogP contribution in [0.25, 0.3) is 0 Å². The Morgan fingerprint density at radius 3 is 2.72 bits per heavy atom. The van der Waals surface area contributed by atoms with Crippen LogP contribution >= 0.6 is 11.3 Å². The molecule has 2 aromatic rings. The van der Waals surface area contributed by atoms with E-state index < -0.39 is 0 Å². The van der Waals surface area contributed by atoms with E-state index in [1.165, 1.54) is 16.9 Å². The summed E-state index contributed by atoms with van der Waals surface area (Å²) < 4.78 is 0. The Morgan fingerprint density at radius 1 is 1.33 bits per heavy atom. The van der Waals surface area contributed by atoms with E-state index in [1.54, 1.807) is 0 Å². The molecule has 1 unspecified atom stereocenters. The SMILES string of the molecule is NCC(CNCc1csc(=O)[nH]1)c1ccccc1. The van der Waals surface area contributed by atoms with Crippen molar-refractivity contribution in [2.45, 2.75) is 12.5 Å². The van der Waals surface area contributed by atoms with Crippen molar-refractivity contribution in [2.24, 2.45) is 5.73 Å². The molecule has 0 aliphatic heterocycles. The number of aromatic nitrogens is 1. The average Bonchev–Trinajstić information content (AvgIpc) is 2.81. The van der Waals surface area contributed by atoms with E-state index in [1.807, 2.05) is 23.6 Å². The van der Waals surface area contributed by atoms with Crippen LogP contribution in [0, 0.1) is 0 Å². The van der Waals surface area contributed by atoms with Crippen molar-refractivity contribution >= 4 is 11.3 Å². The van der Waals surface area contributed by atoms with Gasteiger partial charge in [-0.15, -0.1) is 0 Å². The fourth-order valence-electron chi connectivity index (χ4n) is 1.84. The Bertz CT molecular complexity index is 520. The van der Waals surface area contributed by atoms with Crippen LogP contribution in [-0.4, -0.2) is 18.1 Å². The predicted octanol–water partition coefficient (Wildman–Crippen LogP) is 1.27. The molecule has 0 saturated heterocycles. The molecule has 1 heterocycles. The van der Waals surface area contributed by atoms with Crippen LogP contribution in [0.2, 0.25) is 0 Å². The molecule has 4 nitrogen and oxygen atoms in total. The number of nitrogens with one attached hydrogen (secondary N) is 2. The van der Waals surface area contributed by atoms with Crippen molar-refractivity contribution in [1.29, 1.82) is 0 Å². The molecule has 2 rings (SSSR count). The lowest BCUT2D eigenvalue weighted by Gasteiger charge is -2.15. The van der Waals surface area contributed by atoms with Gasteiger partial charge in [0.25, 0.3) is 0 Å². The van der Waals surface area contributed by atoms with Gasteiger partial charge >= 0.3 is 4.87 Å². The minimum Gasteiger partial charge on any atom is -0.330 e. The minimum atomic E-state index is -0.00904. The summed E-state index contributed by atoms with van der Waals surface area (Å²) in [5.74, 6) is 0.302. The first kappa shape index (κ1) is 13.0. The highest BCUT2D eigenvalue weighted by Crippen LogP contribution is 2.12. The first-order valence-corrected chi connectivity index (χ1v) is 6.80. The summed E-state index contributed by atoms with van der Waals surface area (Å²) in [7, 11) is 0. The quantitative estimate of drug-likeness (QED) is 0.735. The fraction of sp³-hybridized carbons (Fsp3) is 0.308. The molecule has 4 N–H and O–H groups in total. The van der Waals surface area contributed by atoms with Gasteiger partial charge < -0.3 is 16.0 Å². The average molecular weight is 263 g/mol. The van der Waals surface area contributed by atoms with Crippen molar-refractivity contribution in [2.75, 3.05) is 13.1 Å². The predicted molar refractivity (Wildman–Crippen MR) is 74.9 cm³/mol. The third-order valence-corrected chi connectivity index (χ3v) is 3.55. The summed E-state index contributed by atoms with van der Waals surface area (Å²) >= 11 is 1.19. The number of hydrogen-bond donors (Lipinski definition) is 3. The zero-order valence-corrected chi connectivity index (χ0v) is 10.9. The van der Waals surface area contributed by atoms with E-state index >= 15 is 0 Å². The Labute approximate surface area is 110 Å². The molecule has 1 aromatic carbocycles. The summed E-state index contributed by atoms with van der Waals surface area (Å²) in [4.78, 5) is 13.7. The molecule has 96 valence electrons. The summed E-state index contributed by atoms with van der Waals surface area (Å²) in [6.07, 6.45) is 0. The molecule has 5 heteroatoms. The second kappa shape index (κ2) is 6.49. The largest absolute Gasteiger partial charge is 0.330 e. The Kier molecular flexibility index (Phi) is 4.69. The molecule has 0 bridgehead atoms. The van der Waals surface area contributed by atoms with E-state index in [9.17, 15) is 4.79 Å². The number of thiazole rings is 1. The molecule has 1 aromatic heterocycles. The lowest BCUT2D eigenvalue weighted by Crippen LogP contribution is -2.26. The molecule has 1 atom stereocenters. The van der Waals surface area contributed by atoms with Crippen LogP contribution in [0.1, 0.15) is 17.2 Å². The van der Waals surface area contributed by atoms with Crippen molar-refractivity contribution < 1.29 is 0 Å². The smallest absolute Gasteiger partial charge is 0.304 e. The number of hydrogen-bond acceptors (Lipinski definition) is 4. The molecule has 0 saturated carbocycles. The van der Waals surface area contributed by atoms with Crippen molar-refractivity contribution in [3.63, 3.8) is 0 Å². The van der Waals surface area contributed by atoms with Gasteiger partial charge in [-0.1, -0.05) is 41.7 Å². The van der Waals surface area contributed by atoms with Crippen LogP contribution in [0.3, 0.4) is 0 Å². The monoisotopic (exact) mass is 263 g/mol. The first-order chi connectivity index (χ1) is 8.79. The molecular formula is C13H17N3OS. The van der Waals surface area contributed by atoms with Gasteiger partial charge in [-0.25, -0.2) is 0 Å². The lowest BCUT2D eigenvalue weighted by molar-refractivity contribution is 0.584. The number of rotatable bonds is 6. The third kappa shape index (κ3) is 3.53. The van der Waals surface area contributed by atoms with Gasteiger partial charge in [0.2, 0.25) is 0 Å². The van der Waals surface area contributed by atoms with Crippen LogP contribution in [0.4, 0.5) is 0 Å². The normalized spacial score (nSPS) is 12.5. The number of benzene rings is 1. The van der Waals surface area contributed by atoms with Gasteiger partial charge in [-0.3, -0.25) is 4.79 Å². The fourth-order valence-corrected chi connectivity index (χ4v) is 2.43. The minimum absolute atomic E-state index is 0.00904. The number of aromatic amines is 1. The highest BCUT2D eigenvalue weighted by molar-refractivity contribution is 7.07. The van der Waals surface area contributed by atoms with Gasteiger partial charge in [0.05, 0.1) is 0 Å². The maximum atomic E-state index is 11.0. The molecule has 0 radical (unpaired) electrons. The van der Waals surface area contributed by atoms with Crippen LogP contribution < -0.4 is 15.9 Å². The maximum absolute atomic E-state index is 11.0. The van der Waals surface area contributed by atoms with Crippen LogP contribution in [0.15, 0.2) is 40.5 Å². The van der Waals surface area contributed by atoms with Crippen LogP contribution in [-0.2, 0) is 6.54 Å². The van der Waals surface area contributed by atoms with Crippen molar-refractivity contribution in [3.05, 3.63) is 56.6 Å². The maximum Gasteiger partial charge on any atom is 0.304 e. The van der Waals surface area contributed by atoms with E-state index in [0.29, 0.717) is 19.0 Å². The Balaban J connectivity index is 1.86. The van der Waals surface area contributed by atoms with Gasteiger partial charge in [-0.2, -0.15) is 0 Å². The molecule has 18 heavy (non-hydrogen) atoms. The van der Waals surface area contributed by atoms with Gasteiger partial charge in [0.1, 0.15) is 0 Å². The van der Waals surface area contributed by atoms with Gasteiger partial charge in [0, 0.05) is 36.6 Å². The molecule has 0 amide bonds. The third-order valence-electron chi connectivity index (χ3n) is 2.83. The molecule has 0 spiro atoms.